The summed E-state index contributed by atoms with van der Waals surface area (Å²) in [6.07, 6.45) is 1.89. The summed E-state index contributed by atoms with van der Waals surface area (Å²) in [5.74, 6) is 0. The highest BCUT2D eigenvalue weighted by molar-refractivity contribution is 6.15. The molecule has 0 aromatic heterocycles. The molecule has 0 amide bonds. The Morgan fingerprint density at radius 3 is 1.43 bits per heavy atom. The molecule has 0 aliphatic rings. The van der Waals surface area contributed by atoms with Crippen molar-refractivity contribution < 1.29 is 10.4 Å². The van der Waals surface area contributed by atoms with Gasteiger partial charge in [0.25, 0.3) is 0 Å². The second-order valence-corrected chi connectivity index (χ2v) is 0.529. The maximum atomic E-state index is 7.56. The third-order valence-electron chi connectivity index (χ3n) is 0.200. The minimum Gasteiger partial charge on any atom is -0.411 e. The van der Waals surface area contributed by atoms with Gasteiger partial charge < -0.3 is 16.6 Å². The first-order valence-electron chi connectivity index (χ1n) is 1.25. The molecular weight excluding hydrogens is 98.0 g/mol. The van der Waals surface area contributed by atoms with E-state index in [4.69, 9.17) is 10.4 Å². The summed E-state index contributed by atoms with van der Waals surface area (Å²) in [5.41, 5.74) is 0. The molecule has 0 bridgehead atoms. The normalized spacial score (nSPS) is 9.71. The fraction of sp³-hybridized carbons (Fsp3) is 0. The summed E-state index contributed by atoms with van der Waals surface area (Å²) in [4.78, 5) is 0. The van der Waals surface area contributed by atoms with Crippen molar-refractivity contribution in [2.75, 3.05) is 0 Å². The summed E-state index contributed by atoms with van der Waals surface area (Å²) in [5, 5.41) is 20.1. The van der Waals surface area contributed by atoms with E-state index in [2.05, 4.69) is 10.3 Å². The maximum Gasteiger partial charge on any atom is 0.0877 e. The lowest BCUT2D eigenvalue weighted by Crippen LogP contribution is -1.70. The summed E-state index contributed by atoms with van der Waals surface area (Å²) in [6.45, 7) is 0. The average molecular weight is 105 g/mol. The van der Waals surface area contributed by atoms with Crippen LogP contribution in [0.5, 0.6) is 0 Å². The van der Waals surface area contributed by atoms with Crippen molar-refractivity contribution in [3.8, 4) is 0 Å². The number of hydrogen-bond acceptors (Lipinski definition) is 5. The minimum absolute atomic E-state index is 0. The van der Waals surface area contributed by atoms with Crippen molar-refractivity contribution in [2.24, 2.45) is 10.3 Å². The molecule has 0 rings (SSSR count). The molecule has 0 aliphatic carbocycles. The van der Waals surface area contributed by atoms with Gasteiger partial charge >= 0.3 is 0 Å². The standard InChI is InChI=1S/C2H4N2O2.H3N/c5-3-1-2-4-6;/h1-2,5-6H;1H3/b3-1+,4-2+;. The number of oxime groups is 2. The molecule has 0 radical (unpaired) electrons. The van der Waals surface area contributed by atoms with Gasteiger partial charge in [0.1, 0.15) is 0 Å². The van der Waals surface area contributed by atoms with E-state index in [-0.39, 0.29) is 6.15 Å². The van der Waals surface area contributed by atoms with Crippen LogP contribution in [-0.2, 0) is 0 Å². The lowest BCUT2D eigenvalue weighted by atomic mass is 10.8. The molecule has 0 unspecified atom stereocenters. The highest BCUT2D eigenvalue weighted by atomic mass is 16.4. The van der Waals surface area contributed by atoms with E-state index in [0.717, 1.165) is 12.4 Å². The predicted octanol–water partition coefficient (Wildman–Crippen LogP) is 0.0684. The van der Waals surface area contributed by atoms with E-state index < -0.39 is 0 Å². The topological polar surface area (TPSA) is 100 Å². The molecular formula is C2H7N3O2. The lowest BCUT2D eigenvalue weighted by molar-refractivity contribution is 0.317. The fourth-order valence-electron chi connectivity index (χ4n) is 0.0596. The van der Waals surface area contributed by atoms with Crippen molar-refractivity contribution in [3.63, 3.8) is 0 Å². The zero-order valence-corrected chi connectivity index (χ0v) is 3.65. The second-order valence-electron chi connectivity index (χ2n) is 0.529. The highest BCUT2D eigenvalue weighted by Crippen LogP contribution is 1.45. The van der Waals surface area contributed by atoms with E-state index in [0.29, 0.717) is 0 Å². The number of nitrogens with zero attached hydrogens (tertiary/aromatic N) is 2. The van der Waals surface area contributed by atoms with Gasteiger partial charge in [-0.15, -0.1) is 0 Å². The maximum absolute atomic E-state index is 7.56. The molecule has 0 aromatic carbocycles. The Morgan fingerprint density at radius 2 is 1.29 bits per heavy atom. The van der Waals surface area contributed by atoms with Crippen LogP contribution >= 0.6 is 0 Å². The summed E-state index contributed by atoms with van der Waals surface area (Å²) < 4.78 is 0. The molecule has 0 heterocycles. The number of rotatable bonds is 1. The Morgan fingerprint density at radius 1 is 1.00 bits per heavy atom. The van der Waals surface area contributed by atoms with Gasteiger partial charge in [-0.1, -0.05) is 10.3 Å². The second kappa shape index (κ2) is 8.86. The molecule has 0 saturated carbocycles. The average Bonchev–Trinajstić information content (AvgIpc) is 1.61. The van der Waals surface area contributed by atoms with E-state index in [1.54, 1.807) is 0 Å². The van der Waals surface area contributed by atoms with Gasteiger partial charge in [-0.3, -0.25) is 0 Å². The van der Waals surface area contributed by atoms with Crippen molar-refractivity contribution in [1.29, 1.82) is 0 Å². The van der Waals surface area contributed by atoms with Gasteiger partial charge in [0, 0.05) is 0 Å². The van der Waals surface area contributed by atoms with Gasteiger partial charge in [-0.2, -0.15) is 0 Å². The van der Waals surface area contributed by atoms with Gasteiger partial charge in [0.15, 0.2) is 0 Å². The minimum atomic E-state index is 0. The highest BCUT2D eigenvalue weighted by Gasteiger charge is 1.54. The monoisotopic (exact) mass is 105 g/mol. The SMILES string of the molecule is N.O/N=C/C=N/O. The Hall–Kier alpha value is -1.10. The molecule has 0 saturated heterocycles. The summed E-state index contributed by atoms with van der Waals surface area (Å²) in [6, 6.07) is 0. The Labute approximate surface area is 40.5 Å². The molecule has 5 N–H and O–H groups in total. The van der Waals surface area contributed by atoms with E-state index >= 15 is 0 Å². The fourth-order valence-corrected chi connectivity index (χ4v) is 0.0596. The van der Waals surface area contributed by atoms with E-state index in [9.17, 15) is 0 Å². The van der Waals surface area contributed by atoms with Gasteiger partial charge in [-0.05, 0) is 0 Å². The molecule has 5 heteroatoms. The largest absolute Gasteiger partial charge is 0.411 e. The van der Waals surface area contributed by atoms with Gasteiger partial charge in [0.2, 0.25) is 0 Å². The van der Waals surface area contributed by atoms with Crippen LogP contribution in [0.4, 0.5) is 0 Å². The third-order valence-corrected chi connectivity index (χ3v) is 0.200. The zero-order valence-electron chi connectivity index (χ0n) is 3.65. The van der Waals surface area contributed by atoms with E-state index in [1.807, 2.05) is 0 Å². The first-order chi connectivity index (χ1) is 2.91. The third kappa shape index (κ3) is 11.4. The lowest BCUT2D eigenvalue weighted by Gasteiger charge is -1.62. The first-order valence-corrected chi connectivity index (χ1v) is 1.25. The van der Waals surface area contributed by atoms with Crippen LogP contribution in [0, 0.1) is 0 Å². The van der Waals surface area contributed by atoms with E-state index in [1.165, 1.54) is 0 Å². The van der Waals surface area contributed by atoms with Crippen LogP contribution < -0.4 is 6.15 Å². The van der Waals surface area contributed by atoms with Crippen molar-refractivity contribution in [3.05, 3.63) is 0 Å². The summed E-state index contributed by atoms with van der Waals surface area (Å²) in [7, 11) is 0. The Bertz CT molecular complexity index is 59.3. The van der Waals surface area contributed by atoms with Crippen LogP contribution in [0.1, 0.15) is 0 Å². The molecule has 5 nitrogen and oxygen atoms in total. The van der Waals surface area contributed by atoms with Crippen LogP contribution in [0.2, 0.25) is 0 Å². The van der Waals surface area contributed by atoms with Crippen molar-refractivity contribution >= 4 is 12.4 Å². The van der Waals surface area contributed by atoms with Crippen molar-refractivity contribution in [1.82, 2.24) is 6.15 Å². The Balaban J connectivity index is 0. The molecule has 0 spiro atoms. The molecule has 0 aliphatic heterocycles. The van der Waals surface area contributed by atoms with Crippen LogP contribution in [0.3, 0.4) is 0 Å². The number of hydrogen-bond donors (Lipinski definition) is 3. The van der Waals surface area contributed by atoms with Gasteiger partial charge in [0.05, 0.1) is 12.4 Å². The summed E-state index contributed by atoms with van der Waals surface area (Å²) >= 11 is 0. The van der Waals surface area contributed by atoms with Crippen LogP contribution in [0.15, 0.2) is 10.3 Å². The molecule has 0 aromatic rings. The van der Waals surface area contributed by atoms with Crippen molar-refractivity contribution in [2.45, 2.75) is 0 Å². The predicted molar refractivity (Wildman–Crippen MR) is 25.6 cm³/mol. The smallest absolute Gasteiger partial charge is 0.0877 e. The quantitative estimate of drug-likeness (QED) is 0.250. The molecule has 7 heavy (non-hydrogen) atoms. The molecule has 42 valence electrons. The zero-order chi connectivity index (χ0) is 4.83. The van der Waals surface area contributed by atoms with Crippen LogP contribution in [-0.4, -0.2) is 22.8 Å². The van der Waals surface area contributed by atoms with Gasteiger partial charge in [-0.25, -0.2) is 0 Å². The molecule has 0 fully saturated rings. The van der Waals surface area contributed by atoms with Crippen LogP contribution in [0.25, 0.3) is 0 Å². The first kappa shape index (κ1) is 9.31. The molecule has 0 atom stereocenters. The Kier molecular flexibility index (Phi) is 11.8.